The van der Waals surface area contributed by atoms with Gasteiger partial charge in [0.1, 0.15) is 0 Å². The summed E-state index contributed by atoms with van der Waals surface area (Å²) >= 11 is 6.19. The molecule has 0 atom stereocenters. The smallest absolute Gasteiger partial charge is 0.0594 e. The molecular formula is C34H50N2O2S3. The molecule has 0 radical (unpaired) electrons. The van der Waals surface area contributed by atoms with Gasteiger partial charge in [-0.1, -0.05) is 26.7 Å². The summed E-state index contributed by atoms with van der Waals surface area (Å²) in [7, 11) is 0. The van der Waals surface area contributed by atoms with Crippen LogP contribution in [0.3, 0.4) is 0 Å². The molecule has 0 spiro atoms. The second kappa shape index (κ2) is 16.7. The van der Waals surface area contributed by atoms with E-state index in [9.17, 15) is 0 Å². The van der Waals surface area contributed by atoms with Crippen LogP contribution in [0.5, 0.6) is 0 Å². The van der Waals surface area contributed by atoms with Crippen LogP contribution in [-0.2, 0) is 35.2 Å². The van der Waals surface area contributed by atoms with Gasteiger partial charge < -0.3 is 9.47 Å². The Morgan fingerprint density at radius 2 is 1.00 bits per heavy atom. The highest BCUT2D eigenvalue weighted by Crippen LogP contribution is 2.47. The molecule has 3 aromatic heterocycles. The van der Waals surface area contributed by atoms with E-state index in [1.807, 2.05) is 22.7 Å². The van der Waals surface area contributed by atoms with Crippen molar-refractivity contribution >= 4 is 34.0 Å². The molecule has 3 aromatic rings. The number of ether oxygens (including phenoxy) is 2. The summed E-state index contributed by atoms with van der Waals surface area (Å²) in [5.74, 6) is 0. The van der Waals surface area contributed by atoms with E-state index in [0.29, 0.717) is 0 Å². The van der Waals surface area contributed by atoms with Crippen LogP contribution in [0.1, 0.15) is 73.3 Å². The number of unbranched alkanes of at least 4 members (excludes halogenated alkanes) is 2. The highest BCUT2D eigenvalue weighted by Gasteiger charge is 2.22. The van der Waals surface area contributed by atoms with E-state index in [0.717, 1.165) is 52.6 Å². The summed E-state index contributed by atoms with van der Waals surface area (Å²) in [5, 5.41) is 0. The summed E-state index contributed by atoms with van der Waals surface area (Å²) in [6, 6.07) is 9.67. The molecule has 0 aliphatic carbocycles. The fraction of sp³-hybridized carbons (Fsp3) is 0.647. The van der Waals surface area contributed by atoms with E-state index in [2.05, 4.69) is 59.2 Å². The maximum Gasteiger partial charge on any atom is 0.0594 e. The third-order valence-electron chi connectivity index (χ3n) is 8.45. The average Bonchev–Trinajstić information content (AvgIpc) is 3.75. The van der Waals surface area contributed by atoms with Crippen molar-refractivity contribution in [3.05, 3.63) is 45.1 Å². The zero-order valence-corrected chi connectivity index (χ0v) is 27.8. The Kier molecular flexibility index (Phi) is 12.8. The number of hydrogen-bond donors (Lipinski definition) is 0. The molecule has 0 N–H and O–H groups in total. The fourth-order valence-corrected chi connectivity index (χ4v) is 9.78. The van der Waals surface area contributed by atoms with Gasteiger partial charge in [0.25, 0.3) is 0 Å². The molecule has 0 bridgehead atoms. The predicted octanol–water partition coefficient (Wildman–Crippen LogP) is 8.42. The van der Waals surface area contributed by atoms with Crippen molar-refractivity contribution in [2.75, 3.05) is 65.7 Å². The second-order valence-electron chi connectivity index (χ2n) is 11.6. The normalized spacial score (nSPS) is 17.0. The maximum absolute atomic E-state index is 5.52. The van der Waals surface area contributed by atoms with Crippen molar-refractivity contribution in [2.45, 2.75) is 78.1 Å². The lowest BCUT2D eigenvalue weighted by Gasteiger charge is -2.26. The van der Waals surface area contributed by atoms with Gasteiger partial charge in [-0.3, -0.25) is 9.80 Å². The average molecular weight is 615 g/mol. The molecule has 4 nitrogen and oxygen atoms in total. The van der Waals surface area contributed by atoms with Gasteiger partial charge in [0, 0.05) is 55.4 Å². The molecule has 0 unspecified atom stereocenters. The third kappa shape index (κ3) is 8.98. The molecule has 5 heterocycles. The van der Waals surface area contributed by atoms with E-state index in [-0.39, 0.29) is 0 Å². The Morgan fingerprint density at radius 3 is 1.41 bits per heavy atom. The Labute approximate surface area is 260 Å². The van der Waals surface area contributed by atoms with Crippen LogP contribution >= 0.6 is 34.0 Å². The van der Waals surface area contributed by atoms with Crippen LogP contribution in [-0.4, -0.2) is 75.5 Å². The van der Waals surface area contributed by atoms with Gasteiger partial charge in [-0.2, -0.15) is 0 Å². The third-order valence-corrected chi connectivity index (χ3v) is 12.4. The number of rotatable bonds is 16. The first-order valence-corrected chi connectivity index (χ1v) is 18.6. The van der Waals surface area contributed by atoms with E-state index in [4.69, 9.17) is 9.47 Å². The fourth-order valence-electron chi connectivity index (χ4n) is 6.01. The van der Waals surface area contributed by atoms with Crippen LogP contribution in [0.25, 0.3) is 19.5 Å². The Balaban J connectivity index is 1.31. The summed E-state index contributed by atoms with van der Waals surface area (Å²) in [6.45, 7) is 15.0. The van der Waals surface area contributed by atoms with Crippen LogP contribution in [0.4, 0.5) is 0 Å². The molecule has 2 saturated heterocycles. The largest absolute Gasteiger partial charge is 0.379 e. The first-order chi connectivity index (χ1) is 20.2. The van der Waals surface area contributed by atoms with Crippen molar-refractivity contribution in [3.8, 4) is 19.5 Å². The quantitative estimate of drug-likeness (QED) is 0.162. The van der Waals surface area contributed by atoms with Gasteiger partial charge in [-0.25, -0.2) is 0 Å². The maximum atomic E-state index is 5.52. The van der Waals surface area contributed by atoms with Gasteiger partial charge in [-0.05, 0) is 99.8 Å². The molecule has 2 aliphatic rings. The van der Waals surface area contributed by atoms with Crippen molar-refractivity contribution in [1.82, 2.24) is 9.80 Å². The number of nitrogens with zero attached hydrogens (tertiary/aromatic N) is 2. The first kappa shape index (κ1) is 31.4. The lowest BCUT2D eigenvalue weighted by molar-refractivity contribution is 0.0374. The number of hydrogen-bond acceptors (Lipinski definition) is 7. The van der Waals surface area contributed by atoms with Crippen molar-refractivity contribution in [2.24, 2.45) is 0 Å². The highest BCUT2D eigenvalue weighted by molar-refractivity contribution is 7.26. The summed E-state index contributed by atoms with van der Waals surface area (Å²) < 4.78 is 11.0. The monoisotopic (exact) mass is 614 g/mol. The predicted molar refractivity (Wildman–Crippen MR) is 179 cm³/mol. The number of thiophene rings is 3. The molecule has 0 aromatic carbocycles. The minimum atomic E-state index is 0.894. The topological polar surface area (TPSA) is 24.9 Å². The second-order valence-corrected chi connectivity index (χ2v) is 14.9. The van der Waals surface area contributed by atoms with Gasteiger partial charge in [-0.15, -0.1) is 34.0 Å². The van der Waals surface area contributed by atoms with Crippen LogP contribution in [0, 0.1) is 0 Å². The minimum absolute atomic E-state index is 0.894. The van der Waals surface area contributed by atoms with Crippen LogP contribution in [0.15, 0.2) is 24.3 Å². The summed E-state index contributed by atoms with van der Waals surface area (Å²) in [6.07, 6.45) is 12.3. The summed E-state index contributed by atoms with van der Waals surface area (Å²) in [5.41, 5.74) is 3.31. The molecule has 0 amide bonds. The summed E-state index contributed by atoms with van der Waals surface area (Å²) in [4.78, 5) is 14.3. The van der Waals surface area contributed by atoms with Gasteiger partial charge in [0.2, 0.25) is 0 Å². The molecular weight excluding hydrogens is 565 g/mol. The van der Waals surface area contributed by atoms with Crippen LogP contribution in [0.2, 0.25) is 0 Å². The zero-order valence-electron chi connectivity index (χ0n) is 25.4. The van der Waals surface area contributed by atoms with E-state index in [1.165, 1.54) is 87.1 Å². The highest BCUT2D eigenvalue weighted by atomic mass is 32.1. The van der Waals surface area contributed by atoms with Crippen molar-refractivity contribution in [1.29, 1.82) is 0 Å². The lowest BCUT2D eigenvalue weighted by Crippen LogP contribution is -2.36. The first-order valence-electron chi connectivity index (χ1n) is 16.2. The van der Waals surface area contributed by atoms with E-state index >= 15 is 0 Å². The molecule has 226 valence electrons. The molecule has 5 rings (SSSR count). The van der Waals surface area contributed by atoms with Gasteiger partial charge in [0.05, 0.1) is 26.4 Å². The van der Waals surface area contributed by atoms with Gasteiger partial charge >= 0.3 is 0 Å². The van der Waals surface area contributed by atoms with Gasteiger partial charge in [0.15, 0.2) is 0 Å². The Hall–Kier alpha value is -1.06. The zero-order chi connectivity index (χ0) is 28.3. The minimum Gasteiger partial charge on any atom is -0.379 e. The number of aryl methyl sites for hydroxylation is 2. The SMILES string of the molecule is CCCCc1c(-c2ccc(CCCN3CCOCC3)s2)sc(-c2ccc(CCCN3CCOCC3)s2)c1CCCC. The van der Waals surface area contributed by atoms with Crippen molar-refractivity contribution < 1.29 is 9.47 Å². The molecule has 7 heteroatoms. The number of morpholine rings is 2. The molecule has 2 fully saturated rings. The van der Waals surface area contributed by atoms with E-state index < -0.39 is 0 Å². The Morgan fingerprint density at radius 1 is 0.561 bits per heavy atom. The standard InChI is InChI=1S/C34H50N2O2S3/c1-3-5-11-29-30(12-6-4-2)34(32-16-14-28(40-32)10-8-18-36-21-25-38-26-22-36)41-33(29)31-15-13-27(39-31)9-7-17-35-19-23-37-24-20-35/h13-16H,3-12,17-26H2,1-2H3. The van der Waals surface area contributed by atoms with Crippen molar-refractivity contribution in [3.63, 3.8) is 0 Å². The van der Waals surface area contributed by atoms with Crippen LogP contribution < -0.4 is 0 Å². The Bertz CT molecular complexity index is 1080. The lowest BCUT2D eigenvalue weighted by atomic mass is 9.97. The molecule has 2 aliphatic heterocycles. The molecule has 41 heavy (non-hydrogen) atoms. The molecule has 0 saturated carbocycles. The van der Waals surface area contributed by atoms with E-state index in [1.54, 1.807) is 30.6 Å².